The lowest BCUT2D eigenvalue weighted by atomic mass is 9.63. The van der Waals surface area contributed by atoms with Crippen molar-refractivity contribution >= 4 is 38.9 Å². The Morgan fingerprint density at radius 1 is 0.382 bits per heavy atom. The molecule has 1 aromatic heterocycles. The maximum atomic E-state index is 4.86. The van der Waals surface area contributed by atoms with Crippen LogP contribution >= 0.6 is 0 Å². The van der Waals surface area contributed by atoms with E-state index < -0.39 is 5.41 Å². The Morgan fingerprint density at radius 2 is 0.947 bits per heavy atom. The van der Waals surface area contributed by atoms with Crippen LogP contribution in [0.15, 0.2) is 316 Å². The Hall–Kier alpha value is -9.76. The maximum absolute atomic E-state index is 4.86. The van der Waals surface area contributed by atoms with Gasteiger partial charge in [0.15, 0.2) is 0 Å². The van der Waals surface area contributed by atoms with Gasteiger partial charge in [0.2, 0.25) is 0 Å². The van der Waals surface area contributed by atoms with Gasteiger partial charge >= 0.3 is 0 Å². The Bertz CT molecular complexity index is 4070. The third-order valence-electron chi connectivity index (χ3n) is 15.3. The molecule has 11 aromatic carbocycles. The second kappa shape index (κ2) is 19.9. The fourth-order valence-electron chi connectivity index (χ4n) is 11.8. The van der Waals surface area contributed by atoms with Crippen molar-refractivity contribution in [2.45, 2.75) is 11.8 Å². The zero-order valence-electron chi connectivity index (χ0n) is 42.2. The molecule has 0 saturated carbocycles. The van der Waals surface area contributed by atoms with E-state index >= 15 is 0 Å². The highest BCUT2D eigenvalue weighted by Crippen LogP contribution is 2.49. The van der Waals surface area contributed by atoms with Gasteiger partial charge < -0.3 is 9.47 Å². The Kier molecular flexibility index (Phi) is 12.1. The maximum Gasteiger partial charge on any atom is 0.0699 e. The van der Waals surface area contributed by atoms with Gasteiger partial charge in [0.1, 0.15) is 0 Å². The predicted molar refractivity (Wildman–Crippen MR) is 321 cm³/mol. The number of hydrogen-bond acceptors (Lipinski definition) is 1. The lowest BCUT2D eigenvalue weighted by Crippen LogP contribution is -2.32. The number of fused-ring (bicyclic) bond motifs is 4. The fraction of sp³-hybridized carbons (Fsp3) is 0.0270. The molecule has 0 radical (unpaired) electrons. The molecule has 0 aliphatic heterocycles. The largest absolute Gasteiger partial charge is 0.310 e. The van der Waals surface area contributed by atoms with Crippen LogP contribution in [0.5, 0.6) is 0 Å². The first kappa shape index (κ1) is 46.1. The van der Waals surface area contributed by atoms with Gasteiger partial charge in [-0.3, -0.25) is 0 Å². The second-order valence-electron chi connectivity index (χ2n) is 19.7. The highest BCUT2D eigenvalue weighted by molar-refractivity contribution is 6.10. The average Bonchev–Trinajstić information content (AvgIpc) is 3.87. The molecule has 2 nitrogen and oxygen atoms in total. The third-order valence-corrected chi connectivity index (χ3v) is 15.3. The lowest BCUT2D eigenvalue weighted by molar-refractivity contribution is 0.736. The third kappa shape index (κ3) is 8.18. The molecule has 1 aliphatic rings. The van der Waals surface area contributed by atoms with Gasteiger partial charge in [-0.2, -0.15) is 0 Å². The average molecular weight is 971 g/mol. The predicted octanol–water partition coefficient (Wildman–Crippen LogP) is 19.5. The van der Waals surface area contributed by atoms with E-state index in [2.05, 4.69) is 313 Å². The number of aromatic nitrogens is 1. The summed E-state index contributed by atoms with van der Waals surface area (Å²) in [5.41, 5.74) is 21.3. The fourth-order valence-corrected chi connectivity index (χ4v) is 11.8. The molecule has 1 aliphatic carbocycles. The van der Waals surface area contributed by atoms with Crippen LogP contribution in [0.2, 0.25) is 0 Å². The minimum absolute atomic E-state index is 0.642. The van der Waals surface area contributed by atoms with Crippen molar-refractivity contribution in [1.82, 2.24) is 4.57 Å². The number of para-hydroxylation sites is 3. The van der Waals surface area contributed by atoms with Crippen molar-refractivity contribution < 1.29 is 0 Å². The first-order valence-corrected chi connectivity index (χ1v) is 26.2. The number of rotatable bonds is 10. The summed E-state index contributed by atoms with van der Waals surface area (Å²) < 4.78 is 2.47. The van der Waals surface area contributed by atoms with E-state index in [1.54, 1.807) is 0 Å². The van der Waals surface area contributed by atoms with Crippen molar-refractivity contribution in [3.05, 3.63) is 338 Å². The number of allylic oxidation sites excluding steroid dienone is 5. The summed E-state index contributed by atoms with van der Waals surface area (Å²) in [4.78, 5) is 2.40. The van der Waals surface area contributed by atoms with Gasteiger partial charge in [0, 0.05) is 33.4 Å². The Balaban J connectivity index is 0.925. The van der Waals surface area contributed by atoms with E-state index in [1.807, 2.05) is 0 Å². The van der Waals surface area contributed by atoms with E-state index in [0.717, 1.165) is 62.5 Å². The van der Waals surface area contributed by atoms with Gasteiger partial charge in [0.25, 0.3) is 0 Å². The van der Waals surface area contributed by atoms with E-state index in [-0.39, 0.29) is 0 Å². The lowest BCUT2D eigenvalue weighted by Gasteiger charge is -2.38. The van der Waals surface area contributed by atoms with E-state index in [0.29, 0.717) is 0 Å². The topological polar surface area (TPSA) is 8.17 Å². The molecule has 2 heteroatoms. The van der Waals surface area contributed by atoms with Gasteiger partial charge in [-0.1, -0.05) is 255 Å². The summed E-state index contributed by atoms with van der Waals surface area (Å²) in [5.74, 6) is 0. The molecule has 1 heterocycles. The molecule has 0 bridgehead atoms. The molecular formula is C74H54N2. The molecule has 0 N–H and O–H groups in total. The molecule has 0 fully saturated rings. The minimum Gasteiger partial charge on any atom is -0.310 e. The standard InChI is InChI=1S/C74H54N2/c1-53-24-8-2-13-29-58-44-46-64(52-70(58)74(53,60-30-14-5-15-31-60)61-32-16-6-17-33-61)76-72-39-23-21-37-67(72)68-48-45-59(50-73(68)76)54-40-42-57(43-41-54)66-36-20-22-38-71(66)75(62-34-18-7-19-35-62)63-47-49-65(55-25-9-3-10-26-55)69(51-63)56-27-11-4-12-28-56/h2-28,30-52H,1,29H2/b13-2-,24-8-. The molecule has 13 rings (SSSR count). The van der Waals surface area contributed by atoms with Crippen LogP contribution in [0.3, 0.4) is 0 Å². The van der Waals surface area contributed by atoms with Crippen molar-refractivity contribution in [3.63, 3.8) is 0 Å². The van der Waals surface area contributed by atoms with Crippen molar-refractivity contribution in [2.75, 3.05) is 4.90 Å². The molecule has 0 saturated heterocycles. The first-order valence-electron chi connectivity index (χ1n) is 26.2. The highest BCUT2D eigenvalue weighted by Gasteiger charge is 2.40. The summed E-state index contributed by atoms with van der Waals surface area (Å²) in [6.45, 7) is 4.86. The van der Waals surface area contributed by atoms with E-state index in [4.69, 9.17) is 6.58 Å². The van der Waals surface area contributed by atoms with Gasteiger partial charge in [-0.15, -0.1) is 0 Å². The van der Waals surface area contributed by atoms with Gasteiger partial charge in [-0.25, -0.2) is 0 Å². The van der Waals surface area contributed by atoms with Crippen LogP contribution < -0.4 is 4.90 Å². The van der Waals surface area contributed by atoms with Gasteiger partial charge in [-0.05, 0) is 128 Å². The van der Waals surface area contributed by atoms with Gasteiger partial charge in [0.05, 0.1) is 22.1 Å². The molecule has 12 aromatic rings. The van der Waals surface area contributed by atoms with Crippen LogP contribution in [0.1, 0.15) is 22.3 Å². The molecular weight excluding hydrogens is 917 g/mol. The molecule has 0 amide bonds. The smallest absolute Gasteiger partial charge is 0.0699 e. The normalized spacial score (nSPS) is 13.8. The SMILES string of the molecule is C=C1/C=C\C=C/Cc2ccc(-n3c4ccccc4c4ccc(-c5ccc(-c6ccccc6N(c6ccccc6)c6ccc(-c7ccccc7)c(-c7ccccc7)c6)cc5)cc43)cc2C1(c1ccccc1)c1ccccc1. The van der Waals surface area contributed by atoms with Crippen molar-refractivity contribution in [1.29, 1.82) is 0 Å². The quantitative estimate of drug-likeness (QED) is 0.133. The Morgan fingerprint density at radius 3 is 1.66 bits per heavy atom. The zero-order valence-corrected chi connectivity index (χ0v) is 42.2. The zero-order chi connectivity index (χ0) is 50.8. The number of anilines is 3. The van der Waals surface area contributed by atoms with Crippen LogP contribution in [0.4, 0.5) is 17.1 Å². The second-order valence-corrected chi connectivity index (χ2v) is 19.7. The first-order chi connectivity index (χ1) is 37.6. The number of nitrogens with zero attached hydrogens (tertiary/aromatic N) is 2. The van der Waals surface area contributed by atoms with E-state index in [9.17, 15) is 0 Å². The molecule has 0 atom stereocenters. The summed E-state index contributed by atoms with van der Waals surface area (Å²) in [6, 6.07) is 102. The Labute approximate surface area is 445 Å². The minimum atomic E-state index is -0.642. The van der Waals surface area contributed by atoms with Crippen molar-refractivity contribution in [3.8, 4) is 50.2 Å². The van der Waals surface area contributed by atoms with E-state index in [1.165, 1.54) is 60.8 Å². The molecule has 0 unspecified atom stereocenters. The van der Waals surface area contributed by atoms with Crippen LogP contribution in [-0.2, 0) is 11.8 Å². The molecule has 0 spiro atoms. The number of hydrogen-bond donors (Lipinski definition) is 0. The summed E-state index contributed by atoms with van der Waals surface area (Å²) in [5, 5.41) is 2.44. The summed E-state index contributed by atoms with van der Waals surface area (Å²) >= 11 is 0. The molecule has 76 heavy (non-hydrogen) atoms. The monoisotopic (exact) mass is 970 g/mol. The number of benzene rings is 11. The van der Waals surface area contributed by atoms with Crippen molar-refractivity contribution in [2.24, 2.45) is 0 Å². The highest BCUT2D eigenvalue weighted by atomic mass is 15.1. The molecule has 360 valence electrons. The summed E-state index contributed by atoms with van der Waals surface area (Å²) in [6.07, 6.45) is 9.55. The van der Waals surface area contributed by atoms with Crippen LogP contribution in [-0.4, -0.2) is 4.57 Å². The van der Waals surface area contributed by atoms with Crippen LogP contribution in [0.25, 0.3) is 72.0 Å². The van der Waals surface area contributed by atoms with Crippen LogP contribution in [0, 0.1) is 0 Å². The summed E-state index contributed by atoms with van der Waals surface area (Å²) in [7, 11) is 0.